The average molecular weight is 315 g/mol. The van der Waals surface area contributed by atoms with Crippen molar-refractivity contribution in [3.8, 4) is 0 Å². The van der Waals surface area contributed by atoms with Crippen LogP contribution in [0.5, 0.6) is 0 Å². The molecule has 128 valence electrons. The molecule has 0 bridgehead atoms. The fraction of sp³-hybridized carbons (Fsp3) is 0.800. The molecule has 0 aliphatic carbocycles. The third kappa shape index (κ3) is 7.85. The lowest BCUT2D eigenvalue weighted by molar-refractivity contribution is -0.130. The number of likely N-dealkylation sites (N-methyl/N-ethyl adjacent to an activating group) is 1. The van der Waals surface area contributed by atoms with Crippen LogP contribution in [0.25, 0.3) is 0 Å². The number of carbonyl (C=O) groups excluding carboxylic acids is 3. The molecule has 22 heavy (non-hydrogen) atoms. The minimum atomic E-state index is -0.800. The number of rotatable bonds is 6. The van der Waals surface area contributed by atoms with Gasteiger partial charge in [-0.2, -0.15) is 0 Å². The Labute approximate surface area is 132 Å². The molecule has 2 atom stereocenters. The molecule has 0 saturated heterocycles. The number of ether oxygens (including phenoxy) is 1. The summed E-state index contributed by atoms with van der Waals surface area (Å²) in [6.07, 6.45) is -0.672. The molecule has 7 nitrogen and oxygen atoms in total. The highest BCUT2D eigenvalue weighted by molar-refractivity contribution is 5.91. The van der Waals surface area contributed by atoms with E-state index in [1.54, 1.807) is 20.8 Å². The first-order chi connectivity index (χ1) is 9.97. The first-order valence-corrected chi connectivity index (χ1v) is 7.55. The molecule has 0 heterocycles. The number of hydrogen-bond donors (Lipinski definition) is 3. The van der Waals surface area contributed by atoms with Gasteiger partial charge in [-0.1, -0.05) is 13.8 Å². The van der Waals surface area contributed by atoms with Crippen molar-refractivity contribution >= 4 is 17.9 Å². The second kappa shape index (κ2) is 8.60. The Balaban J connectivity index is 4.61. The minimum Gasteiger partial charge on any atom is -0.444 e. The molecule has 0 aliphatic heterocycles. The number of amides is 3. The third-order valence-electron chi connectivity index (χ3n) is 2.72. The van der Waals surface area contributed by atoms with Gasteiger partial charge < -0.3 is 20.7 Å². The summed E-state index contributed by atoms with van der Waals surface area (Å²) in [4.78, 5) is 35.7. The van der Waals surface area contributed by atoms with Crippen molar-refractivity contribution in [1.82, 2.24) is 16.0 Å². The summed E-state index contributed by atoms with van der Waals surface area (Å²) in [7, 11) is 0. The number of alkyl carbamates (subject to hydrolysis) is 1. The molecule has 0 unspecified atom stereocenters. The van der Waals surface area contributed by atoms with Crippen LogP contribution in [0.3, 0.4) is 0 Å². The Morgan fingerprint density at radius 3 is 1.95 bits per heavy atom. The van der Waals surface area contributed by atoms with Crippen LogP contribution < -0.4 is 16.0 Å². The van der Waals surface area contributed by atoms with E-state index in [-0.39, 0.29) is 11.8 Å². The predicted molar refractivity (Wildman–Crippen MR) is 84.3 cm³/mol. The molecule has 0 saturated carbocycles. The maximum atomic E-state index is 12.1. The first-order valence-electron chi connectivity index (χ1n) is 7.55. The molecule has 0 rings (SSSR count). The van der Waals surface area contributed by atoms with Crippen LogP contribution in [0.4, 0.5) is 4.79 Å². The highest BCUT2D eigenvalue weighted by atomic mass is 16.6. The van der Waals surface area contributed by atoms with Gasteiger partial charge in [0.25, 0.3) is 0 Å². The van der Waals surface area contributed by atoms with Gasteiger partial charge in [-0.15, -0.1) is 0 Å². The monoisotopic (exact) mass is 315 g/mol. The van der Waals surface area contributed by atoms with Crippen molar-refractivity contribution in [2.24, 2.45) is 5.92 Å². The highest BCUT2D eigenvalue weighted by Gasteiger charge is 2.27. The van der Waals surface area contributed by atoms with Crippen LogP contribution in [0, 0.1) is 5.92 Å². The Bertz CT molecular complexity index is 402. The van der Waals surface area contributed by atoms with Gasteiger partial charge in [-0.25, -0.2) is 4.79 Å². The summed E-state index contributed by atoms with van der Waals surface area (Å²) in [5.41, 5.74) is -0.637. The van der Waals surface area contributed by atoms with Crippen molar-refractivity contribution in [1.29, 1.82) is 0 Å². The van der Waals surface area contributed by atoms with E-state index in [2.05, 4.69) is 16.0 Å². The van der Waals surface area contributed by atoms with Crippen LogP contribution in [0.15, 0.2) is 0 Å². The van der Waals surface area contributed by atoms with Gasteiger partial charge in [0.1, 0.15) is 17.7 Å². The van der Waals surface area contributed by atoms with E-state index in [9.17, 15) is 14.4 Å². The number of nitrogens with one attached hydrogen (secondary N) is 3. The lowest BCUT2D eigenvalue weighted by atomic mass is 10.0. The van der Waals surface area contributed by atoms with Gasteiger partial charge in [0.05, 0.1) is 0 Å². The molecule has 0 fully saturated rings. The van der Waals surface area contributed by atoms with Crippen molar-refractivity contribution in [3.63, 3.8) is 0 Å². The van der Waals surface area contributed by atoms with Crippen molar-refractivity contribution in [2.75, 3.05) is 6.54 Å². The van der Waals surface area contributed by atoms with Gasteiger partial charge in [-0.05, 0) is 40.5 Å². The molecule has 0 aromatic carbocycles. The number of carbonyl (C=O) groups is 3. The average Bonchev–Trinajstić information content (AvgIpc) is 2.32. The standard InChI is InChI=1S/C15H29N3O4/c1-8-16-13(20)11(9(2)3)18-12(19)10(4)17-14(21)22-15(5,6)7/h9-11H,8H2,1-7H3,(H,16,20)(H,17,21)(H,18,19)/t10-,11-/m0/s1. The summed E-state index contributed by atoms with van der Waals surface area (Å²) in [5.74, 6) is -0.740. The molecule has 0 aromatic rings. The van der Waals surface area contributed by atoms with E-state index in [0.29, 0.717) is 6.54 Å². The van der Waals surface area contributed by atoms with E-state index in [1.165, 1.54) is 6.92 Å². The second-order valence-electron chi connectivity index (χ2n) is 6.49. The summed E-state index contributed by atoms with van der Waals surface area (Å²) >= 11 is 0. The summed E-state index contributed by atoms with van der Waals surface area (Å²) in [6, 6.07) is -1.44. The predicted octanol–water partition coefficient (Wildman–Crippen LogP) is 1.18. The largest absolute Gasteiger partial charge is 0.444 e. The summed E-state index contributed by atoms with van der Waals surface area (Å²) < 4.78 is 5.09. The van der Waals surface area contributed by atoms with Crippen molar-refractivity contribution < 1.29 is 19.1 Å². The van der Waals surface area contributed by atoms with Crippen LogP contribution in [-0.4, -0.2) is 42.1 Å². The third-order valence-corrected chi connectivity index (χ3v) is 2.72. The van der Waals surface area contributed by atoms with E-state index < -0.39 is 29.7 Å². The van der Waals surface area contributed by atoms with Crippen LogP contribution in [0.1, 0.15) is 48.5 Å². The van der Waals surface area contributed by atoms with E-state index in [0.717, 1.165) is 0 Å². The molecule has 0 radical (unpaired) electrons. The van der Waals surface area contributed by atoms with E-state index in [4.69, 9.17) is 4.74 Å². The second-order valence-corrected chi connectivity index (χ2v) is 6.49. The van der Waals surface area contributed by atoms with Crippen molar-refractivity contribution in [2.45, 2.75) is 66.2 Å². The van der Waals surface area contributed by atoms with Gasteiger partial charge in [0, 0.05) is 6.54 Å². The van der Waals surface area contributed by atoms with Gasteiger partial charge in [0.2, 0.25) is 11.8 Å². The summed E-state index contributed by atoms with van der Waals surface area (Å²) in [6.45, 7) is 12.7. The maximum Gasteiger partial charge on any atom is 0.408 e. The van der Waals surface area contributed by atoms with Crippen LogP contribution >= 0.6 is 0 Å². The topological polar surface area (TPSA) is 96.5 Å². The fourth-order valence-corrected chi connectivity index (χ4v) is 1.65. The molecule has 3 amide bonds. The zero-order chi connectivity index (χ0) is 17.5. The first kappa shape index (κ1) is 20.2. The molecule has 0 spiro atoms. The van der Waals surface area contributed by atoms with Gasteiger partial charge in [-0.3, -0.25) is 9.59 Å². The zero-order valence-electron chi connectivity index (χ0n) is 14.6. The Hall–Kier alpha value is -1.79. The smallest absolute Gasteiger partial charge is 0.408 e. The molecule has 7 heteroatoms. The molecule has 0 aliphatic rings. The SMILES string of the molecule is CCNC(=O)[C@@H](NC(=O)[C@H](C)NC(=O)OC(C)(C)C)C(C)C. The highest BCUT2D eigenvalue weighted by Crippen LogP contribution is 2.07. The quantitative estimate of drug-likeness (QED) is 0.685. The van der Waals surface area contributed by atoms with Gasteiger partial charge >= 0.3 is 6.09 Å². The summed E-state index contributed by atoms with van der Waals surface area (Å²) in [5, 5.41) is 7.77. The Kier molecular flexibility index (Phi) is 7.90. The fourth-order valence-electron chi connectivity index (χ4n) is 1.65. The van der Waals surface area contributed by atoms with Crippen LogP contribution in [0.2, 0.25) is 0 Å². The molecular weight excluding hydrogens is 286 g/mol. The molecule has 0 aromatic heterocycles. The zero-order valence-corrected chi connectivity index (χ0v) is 14.6. The Morgan fingerprint density at radius 2 is 1.55 bits per heavy atom. The molecule has 3 N–H and O–H groups in total. The lowest BCUT2D eigenvalue weighted by Gasteiger charge is -2.25. The van der Waals surface area contributed by atoms with Crippen LogP contribution in [-0.2, 0) is 14.3 Å². The van der Waals surface area contributed by atoms with Crippen molar-refractivity contribution in [3.05, 3.63) is 0 Å². The maximum absolute atomic E-state index is 12.1. The van der Waals surface area contributed by atoms with E-state index in [1.807, 2.05) is 20.8 Å². The van der Waals surface area contributed by atoms with E-state index >= 15 is 0 Å². The van der Waals surface area contributed by atoms with Gasteiger partial charge in [0.15, 0.2) is 0 Å². The minimum absolute atomic E-state index is 0.0655. The lowest BCUT2D eigenvalue weighted by Crippen LogP contribution is -2.55. The Morgan fingerprint density at radius 1 is 1.00 bits per heavy atom. The normalized spacial score (nSPS) is 14.0. The molecular formula is C15H29N3O4. The number of hydrogen-bond acceptors (Lipinski definition) is 4.